The van der Waals surface area contributed by atoms with E-state index in [0.29, 0.717) is 22.4 Å². The fourth-order valence-corrected chi connectivity index (χ4v) is 3.69. The number of halogens is 3. The summed E-state index contributed by atoms with van der Waals surface area (Å²) in [5, 5.41) is 9.81. The van der Waals surface area contributed by atoms with E-state index in [0.717, 1.165) is 23.8 Å². The van der Waals surface area contributed by atoms with Crippen LogP contribution in [0.4, 0.5) is 24.5 Å². The van der Waals surface area contributed by atoms with Gasteiger partial charge in [0.25, 0.3) is 5.91 Å². The molecular weight excluding hydrogens is 447 g/mol. The predicted molar refractivity (Wildman–Crippen MR) is 122 cm³/mol. The van der Waals surface area contributed by atoms with E-state index in [2.05, 4.69) is 20.7 Å². The Hall–Kier alpha value is -4.21. The van der Waals surface area contributed by atoms with Gasteiger partial charge in [0.15, 0.2) is 5.65 Å². The maximum Gasteiger partial charge on any atom is 0.416 e. The lowest BCUT2D eigenvalue weighted by molar-refractivity contribution is -0.137. The Balaban J connectivity index is 1.84. The number of aryl methyl sites for hydroxylation is 2. The first-order valence-corrected chi connectivity index (χ1v) is 10.2. The number of carbonyl (C=O) groups excluding carboxylic acids is 2. The number of nitrogens with one attached hydrogen (secondary N) is 2. The number of rotatable bonds is 4. The summed E-state index contributed by atoms with van der Waals surface area (Å²) >= 11 is 0. The second-order valence-corrected chi connectivity index (χ2v) is 7.72. The van der Waals surface area contributed by atoms with Crippen LogP contribution in [-0.2, 0) is 18.0 Å². The van der Waals surface area contributed by atoms with Crippen LogP contribution in [0.25, 0.3) is 22.3 Å². The lowest BCUT2D eigenvalue weighted by atomic mass is 10.0. The molecule has 7 nitrogen and oxygen atoms in total. The number of alkyl halides is 3. The smallest absolute Gasteiger partial charge is 0.325 e. The van der Waals surface area contributed by atoms with Gasteiger partial charge < -0.3 is 10.6 Å². The first kappa shape index (κ1) is 23.0. The van der Waals surface area contributed by atoms with Gasteiger partial charge in [0.1, 0.15) is 0 Å². The van der Waals surface area contributed by atoms with Crippen LogP contribution in [0.15, 0.2) is 54.6 Å². The molecule has 0 saturated heterocycles. The van der Waals surface area contributed by atoms with E-state index in [1.54, 1.807) is 24.7 Å². The van der Waals surface area contributed by atoms with Gasteiger partial charge in [0.2, 0.25) is 5.91 Å². The fourth-order valence-electron chi connectivity index (χ4n) is 3.69. The third kappa shape index (κ3) is 4.47. The highest BCUT2D eigenvalue weighted by Crippen LogP contribution is 2.35. The number of aromatic nitrogens is 3. The minimum Gasteiger partial charge on any atom is -0.325 e. The maximum absolute atomic E-state index is 13.4. The second-order valence-electron chi connectivity index (χ2n) is 7.72. The van der Waals surface area contributed by atoms with Gasteiger partial charge >= 0.3 is 6.18 Å². The van der Waals surface area contributed by atoms with Crippen molar-refractivity contribution < 1.29 is 22.8 Å². The number of fused-ring (bicyclic) bond motifs is 1. The van der Waals surface area contributed by atoms with Crippen molar-refractivity contribution >= 4 is 34.2 Å². The molecule has 4 aromatic rings. The Morgan fingerprint density at radius 2 is 1.68 bits per heavy atom. The van der Waals surface area contributed by atoms with E-state index in [1.807, 2.05) is 30.3 Å². The van der Waals surface area contributed by atoms with Crippen molar-refractivity contribution in [2.45, 2.75) is 20.0 Å². The van der Waals surface area contributed by atoms with Gasteiger partial charge in [-0.2, -0.15) is 18.3 Å². The number of carbonyl (C=O) groups is 2. The topological polar surface area (TPSA) is 88.9 Å². The van der Waals surface area contributed by atoms with E-state index < -0.39 is 23.6 Å². The van der Waals surface area contributed by atoms with Crippen molar-refractivity contribution in [3.63, 3.8) is 0 Å². The molecule has 2 amide bonds. The molecule has 0 aliphatic rings. The first-order chi connectivity index (χ1) is 16.0. The van der Waals surface area contributed by atoms with E-state index in [-0.39, 0.29) is 16.9 Å². The summed E-state index contributed by atoms with van der Waals surface area (Å²) in [7, 11) is 1.69. The third-order valence-corrected chi connectivity index (χ3v) is 5.19. The number of hydrogen-bond donors (Lipinski definition) is 2. The molecule has 2 aromatic heterocycles. The molecule has 0 aliphatic heterocycles. The molecule has 34 heavy (non-hydrogen) atoms. The number of hydrogen-bond acceptors (Lipinski definition) is 4. The van der Waals surface area contributed by atoms with Crippen molar-refractivity contribution in [2.24, 2.45) is 7.05 Å². The quantitative estimate of drug-likeness (QED) is 0.433. The fraction of sp³-hybridized carbons (Fsp3) is 0.167. The third-order valence-electron chi connectivity index (χ3n) is 5.19. The van der Waals surface area contributed by atoms with Gasteiger partial charge in [-0.25, -0.2) is 4.98 Å². The molecule has 0 unspecified atom stereocenters. The van der Waals surface area contributed by atoms with Crippen LogP contribution in [0.2, 0.25) is 0 Å². The number of nitrogens with zero attached hydrogens (tertiary/aromatic N) is 3. The summed E-state index contributed by atoms with van der Waals surface area (Å²) in [5.41, 5.74) is 1.37. The lowest BCUT2D eigenvalue weighted by Gasteiger charge is -2.15. The largest absolute Gasteiger partial charge is 0.416 e. The zero-order valence-corrected chi connectivity index (χ0v) is 18.5. The average molecular weight is 467 g/mol. The standard InChI is InChI=1S/C24H20F3N5O2/c1-13-21-17(12-19(15-7-5-4-6-8-15)29-22(21)32(3)31-13)23(34)30-20-11-16(24(25,26)27)9-10-18(20)28-14(2)33/h4-12H,1-3H3,(H,28,33)(H,30,34). The average Bonchev–Trinajstić information content (AvgIpc) is 3.07. The Bertz CT molecular complexity index is 1410. The van der Waals surface area contributed by atoms with Crippen LogP contribution >= 0.6 is 0 Å². The van der Waals surface area contributed by atoms with E-state index in [1.165, 1.54) is 6.92 Å². The van der Waals surface area contributed by atoms with Crippen molar-refractivity contribution in [3.8, 4) is 11.3 Å². The highest BCUT2D eigenvalue weighted by molar-refractivity contribution is 6.14. The van der Waals surface area contributed by atoms with Crippen molar-refractivity contribution in [1.82, 2.24) is 14.8 Å². The summed E-state index contributed by atoms with van der Waals surface area (Å²) < 4.78 is 41.5. The zero-order chi connectivity index (χ0) is 24.6. The molecule has 0 radical (unpaired) electrons. The number of pyridine rings is 1. The highest BCUT2D eigenvalue weighted by atomic mass is 19.4. The molecule has 0 saturated carbocycles. The molecule has 174 valence electrons. The Morgan fingerprint density at radius 1 is 0.971 bits per heavy atom. The molecule has 0 atom stereocenters. The predicted octanol–water partition coefficient (Wildman–Crippen LogP) is 5.17. The summed E-state index contributed by atoms with van der Waals surface area (Å²) in [5.74, 6) is -1.15. The summed E-state index contributed by atoms with van der Waals surface area (Å²) in [6.45, 7) is 2.94. The first-order valence-electron chi connectivity index (χ1n) is 10.2. The van der Waals surface area contributed by atoms with Crippen LogP contribution in [-0.4, -0.2) is 26.6 Å². The van der Waals surface area contributed by atoms with Gasteiger partial charge in [-0.05, 0) is 31.2 Å². The molecule has 0 aliphatic carbocycles. The zero-order valence-electron chi connectivity index (χ0n) is 18.5. The number of anilines is 2. The van der Waals surface area contributed by atoms with Crippen molar-refractivity contribution in [3.05, 3.63) is 71.4 Å². The van der Waals surface area contributed by atoms with Crippen LogP contribution in [0.5, 0.6) is 0 Å². The monoisotopic (exact) mass is 467 g/mol. The lowest BCUT2D eigenvalue weighted by Crippen LogP contribution is -2.17. The van der Waals surface area contributed by atoms with Gasteiger partial charge in [-0.15, -0.1) is 0 Å². The molecule has 0 fully saturated rings. The van der Waals surface area contributed by atoms with Gasteiger partial charge in [0.05, 0.1) is 39.3 Å². The van der Waals surface area contributed by atoms with Gasteiger partial charge in [0, 0.05) is 19.5 Å². The number of benzene rings is 2. The van der Waals surface area contributed by atoms with Crippen LogP contribution in [0.1, 0.15) is 28.5 Å². The molecule has 4 rings (SSSR count). The summed E-state index contributed by atoms with van der Waals surface area (Å²) in [6, 6.07) is 13.5. The van der Waals surface area contributed by atoms with Gasteiger partial charge in [-0.1, -0.05) is 30.3 Å². The molecule has 2 aromatic carbocycles. The van der Waals surface area contributed by atoms with Crippen molar-refractivity contribution in [1.29, 1.82) is 0 Å². The normalized spacial score (nSPS) is 11.5. The second kappa shape index (κ2) is 8.62. The van der Waals surface area contributed by atoms with Gasteiger partial charge in [-0.3, -0.25) is 14.3 Å². The number of amides is 2. The highest BCUT2D eigenvalue weighted by Gasteiger charge is 2.31. The molecule has 2 N–H and O–H groups in total. The van der Waals surface area contributed by atoms with E-state index in [9.17, 15) is 22.8 Å². The Morgan fingerprint density at radius 3 is 2.32 bits per heavy atom. The maximum atomic E-state index is 13.4. The van der Waals surface area contributed by atoms with Crippen LogP contribution in [0, 0.1) is 6.92 Å². The van der Waals surface area contributed by atoms with Crippen LogP contribution < -0.4 is 10.6 Å². The Labute approximate surface area is 192 Å². The van der Waals surface area contributed by atoms with E-state index >= 15 is 0 Å². The molecule has 10 heteroatoms. The molecule has 0 bridgehead atoms. The summed E-state index contributed by atoms with van der Waals surface area (Å²) in [6.07, 6.45) is -4.63. The van der Waals surface area contributed by atoms with E-state index in [4.69, 9.17) is 0 Å². The summed E-state index contributed by atoms with van der Waals surface area (Å²) in [4.78, 5) is 29.6. The SMILES string of the molecule is CC(=O)Nc1ccc(C(F)(F)F)cc1NC(=O)c1cc(-c2ccccc2)nc2c1c(C)nn2C. The Kier molecular flexibility index (Phi) is 5.82. The minimum atomic E-state index is -4.63. The van der Waals surface area contributed by atoms with Crippen LogP contribution in [0.3, 0.4) is 0 Å². The van der Waals surface area contributed by atoms with Crippen molar-refractivity contribution in [2.75, 3.05) is 10.6 Å². The minimum absolute atomic E-state index is 0.0466. The molecular formula is C24H20F3N5O2. The molecule has 0 spiro atoms. The molecule has 2 heterocycles.